The fraction of sp³-hybridized carbons (Fsp3) is 0.0588. The van der Waals surface area contributed by atoms with Crippen LogP contribution in [-0.4, -0.2) is 18.0 Å². The molecule has 24 heavy (non-hydrogen) atoms. The fourth-order valence-corrected chi connectivity index (χ4v) is 2.27. The van der Waals surface area contributed by atoms with Crippen LogP contribution in [0.2, 0.25) is 0 Å². The second kappa shape index (κ2) is 6.11. The van der Waals surface area contributed by atoms with Crippen LogP contribution in [0.25, 0.3) is 10.9 Å². The number of hydrogen-bond acceptors (Lipinski definition) is 3. The molecule has 0 radical (unpaired) electrons. The maximum absolute atomic E-state index is 13.6. The van der Waals surface area contributed by atoms with Gasteiger partial charge in [0.05, 0.1) is 12.8 Å². The van der Waals surface area contributed by atoms with Crippen LogP contribution in [0.3, 0.4) is 0 Å². The van der Waals surface area contributed by atoms with Crippen LogP contribution in [0, 0.1) is 11.6 Å². The maximum Gasteiger partial charge on any atom is 0.261 e. The normalized spacial score (nSPS) is 10.6. The molecule has 2 aromatic carbocycles. The number of aromatic amines is 1. The smallest absolute Gasteiger partial charge is 0.261 e. The zero-order valence-electron chi connectivity index (χ0n) is 12.5. The highest BCUT2D eigenvalue weighted by Crippen LogP contribution is 2.18. The van der Waals surface area contributed by atoms with Crippen molar-refractivity contribution in [3.63, 3.8) is 0 Å². The number of hydrogen-bond donors (Lipinski definition) is 2. The number of anilines is 1. The van der Waals surface area contributed by atoms with Gasteiger partial charge >= 0.3 is 0 Å². The number of methoxy groups -OCH3 is 1. The number of carbonyl (C=O) groups excluding carboxylic acids is 1. The van der Waals surface area contributed by atoms with Crippen LogP contribution < -0.4 is 15.5 Å². The SMILES string of the molecule is COc1ccc2[nH]cc(C(=O)Nc3ccc(F)cc3F)c(=O)c2c1. The molecule has 0 fully saturated rings. The van der Waals surface area contributed by atoms with Gasteiger partial charge < -0.3 is 15.0 Å². The van der Waals surface area contributed by atoms with Crippen LogP contribution in [0.15, 0.2) is 47.4 Å². The van der Waals surface area contributed by atoms with Crippen molar-refractivity contribution in [1.29, 1.82) is 0 Å². The largest absolute Gasteiger partial charge is 0.497 e. The van der Waals surface area contributed by atoms with Gasteiger partial charge in [-0.3, -0.25) is 9.59 Å². The Morgan fingerprint density at radius 2 is 1.96 bits per heavy atom. The van der Waals surface area contributed by atoms with Crippen molar-refractivity contribution in [3.05, 3.63) is 70.0 Å². The van der Waals surface area contributed by atoms with Gasteiger partial charge in [-0.25, -0.2) is 8.78 Å². The number of carbonyl (C=O) groups is 1. The molecular weight excluding hydrogens is 318 g/mol. The summed E-state index contributed by atoms with van der Waals surface area (Å²) in [5.74, 6) is -2.02. The van der Waals surface area contributed by atoms with Crippen molar-refractivity contribution in [2.45, 2.75) is 0 Å². The molecule has 0 saturated carbocycles. The molecular formula is C17H12F2N2O3. The Bertz CT molecular complexity index is 999. The van der Waals surface area contributed by atoms with E-state index in [0.29, 0.717) is 17.3 Å². The number of rotatable bonds is 3. The molecule has 3 rings (SSSR count). The Kier molecular flexibility index (Phi) is 3.99. The summed E-state index contributed by atoms with van der Waals surface area (Å²) in [6, 6.07) is 7.56. The summed E-state index contributed by atoms with van der Waals surface area (Å²) in [7, 11) is 1.46. The third-order valence-electron chi connectivity index (χ3n) is 3.51. The van der Waals surface area contributed by atoms with E-state index in [0.717, 1.165) is 12.1 Å². The standard InChI is InChI=1S/C17H12F2N2O3/c1-24-10-3-5-14-11(7-10)16(22)12(8-20-14)17(23)21-15-4-2-9(18)6-13(15)19/h2-8H,1H3,(H,20,22)(H,21,23). The minimum absolute atomic E-state index is 0.195. The van der Waals surface area contributed by atoms with Crippen LogP contribution in [0.1, 0.15) is 10.4 Å². The third-order valence-corrected chi connectivity index (χ3v) is 3.51. The van der Waals surface area contributed by atoms with E-state index in [9.17, 15) is 18.4 Å². The average molecular weight is 330 g/mol. The summed E-state index contributed by atoms with van der Waals surface area (Å²) >= 11 is 0. The minimum Gasteiger partial charge on any atom is -0.497 e. The predicted molar refractivity (Wildman–Crippen MR) is 85.4 cm³/mol. The van der Waals surface area contributed by atoms with Crippen molar-refractivity contribution in [2.24, 2.45) is 0 Å². The fourth-order valence-electron chi connectivity index (χ4n) is 2.27. The molecule has 0 atom stereocenters. The minimum atomic E-state index is -0.928. The molecule has 7 heteroatoms. The van der Waals surface area contributed by atoms with Crippen molar-refractivity contribution >= 4 is 22.5 Å². The first kappa shape index (κ1) is 15.7. The Hall–Kier alpha value is -3.22. The monoisotopic (exact) mass is 330 g/mol. The van der Waals surface area contributed by atoms with Crippen molar-refractivity contribution in [1.82, 2.24) is 4.98 Å². The third kappa shape index (κ3) is 2.83. The first-order chi connectivity index (χ1) is 11.5. The second-order valence-electron chi connectivity index (χ2n) is 5.02. The first-order valence-corrected chi connectivity index (χ1v) is 6.95. The molecule has 1 aromatic heterocycles. The molecule has 0 unspecified atom stereocenters. The van der Waals surface area contributed by atoms with Gasteiger partial charge in [0, 0.05) is 23.2 Å². The van der Waals surface area contributed by atoms with Gasteiger partial charge in [0.25, 0.3) is 5.91 Å². The van der Waals surface area contributed by atoms with Crippen LogP contribution in [0.5, 0.6) is 5.75 Å². The lowest BCUT2D eigenvalue weighted by Crippen LogP contribution is -2.22. The molecule has 0 saturated heterocycles. The lowest BCUT2D eigenvalue weighted by Gasteiger charge is -2.07. The van der Waals surface area contributed by atoms with Gasteiger partial charge in [0.15, 0.2) is 0 Å². The number of H-pyrrole nitrogens is 1. The van der Waals surface area contributed by atoms with E-state index in [2.05, 4.69) is 10.3 Å². The highest BCUT2D eigenvalue weighted by atomic mass is 19.1. The van der Waals surface area contributed by atoms with Gasteiger partial charge in [-0.2, -0.15) is 0 Å². The van der Waals surface area contributed by atoms with E-state index >= 15 is 0 Å². The van der Waals surface area contributed by atoms with Crippen molar-refractivity contribution < 1.29 is 18.3 Å². The topological polar surface area (TPSA) is 71.2 Å². The number of pyridine rings is 1. The average Bonchev–Trinajstić information content (AvgIpc) is 2.57. The Morgan fingerprint density at radius 1 is 1.17 bits per heavy atom. The Balaban J connectivity index is 2.00. The van der Waals surface area contributed by atoms with Gasteiger partial charge in [-0.05, 0) is 30.3 Å². The number of halogens is 2. The highest BCUT2D eigenvalue weighted by molar-refractivity contribution is 6.05. The summed E-state index contributed by atoms with van der Waals surface area (Å²) in [5.41, 5.74) is -0.404. The van der Waals surface area contributed by atoms with E-state index < -0.39 is 23.0 Å². The Labute approximate surface area is 134 Å². The lowest BCUT2D eigenvalue weighted by atomic mass is 10.1. The second-order valence-corrected chi connectivity index (χ2v) is 5.02. The van der Waals surface area contributed by atoms with Gasteiger partial charge in [0.1, 0.15) is 22.9 Å². The molecule has 0 aliphatic heterocycles. The molecule has 3 aromatic rings. The predicted octanol–water partition coefficient (Wildman–Crippen LogP) is 3.07. The molecule has 0 aliphatic rings. The summed E-state index contributed by atoms with van der Waals surface area (Å²) in [6.07, 6.45) is 1.24. The number of fused-ring (bicyclic) bond motifs is 1. The molecule has 1 heterocycles. The molecule has 0 spiro atoms. The van der Waals surface area contributed by atoms with Gasteiger partial charge in [-0.1, -0.05) is 0 Å². The summed E-state index contributed by atoms with van der Waals surface area (Å²) in [5, 5.41) is 2.52. The molecule has 0 aliphatic carbocycles. The zero-order chi connectivity index (χ0) is 17.3. The van der Waals surface area contributed by atoms with Crippen molar-refractivity contribution in [3.8, 4) is 5.75 Å². The van der Waals surface area contributed by atoms with Gasteiger partial charge in [-0.15, -0.1) is 0 Å². The quantitative estimate of drug-likeness (QED) is 0.775. The summed E-state index contributed by atoms with van der Waals surface area (Å²) < 4.78 is 31.6. The summed E-state index contributed by atoms with van der Waals surface area (Å²) in [4.78, 5) is 27.6. The number of ether oxygens (including phenoxy) is 1. The maximum atomic E-state index is 13.6. The molecule has 0 bridgehead atoms. The lowest BCUT2D eigenvalue weighted by molar-refractivity contribution is 0.102. The van der Waals surface area contributed by atoms with Gasteiger partial charge in [0.2, 0.25) is 5.43 Å². The molecule has 122 valence electrons. The number of aromatic nitrogens is 1. The molecule has 5 nitrogen and oxygen atoms in total. The van der Waals surface area contributed by atoms with Crippen LogP contribution in [0.4, 0.5) is 14.5 Å². The summed E-state index contributed by atoms with van der Waals surface area (Å²) in [6.45, 7) is 0. The van der Waals surface area contributed by atoms with Crippen LogP contribution >= 0.6 is 0 Å². The number of amides is 1. The van der Waals surface area contributed by atoms with E-state index in [1.54, 1.807) is 12.1 Å². The first-order valence-electron chi connectivity index (χ1n) is 6.95. The van der Waals surface area contributed by atoms with E-state index in [1.807, 2.05) is 0 Å². The zero-order valence-corrected chi connectivity index (χ0v) is 12.5. The van der Waals surface area contributed by atoms with Crippen LogP contribution in [-0.2, 0) is 0 Å². The molecule has 1 amide bonds. The number of nitrogens with one attached hydrogen (secondary N) is 2. The van der Waals surface area contributed by atoms with Crippen molar-refractivity contribution in [2.75, 3.05) is 12.4 Å². The highest BCUT2D eigenvalue weighted by Gasteiger charge is 2.15. The van der Waals surface area contributed by atoms with E-state index in [4.69, 9.17) is 4.74 Å². The Morgan fingerprint density at radius 3 is 2.67 bits per heavy atom. The van der Waals surface area contributed by atoms with E-state index in [-0.39, 0.29) is 16.6 Å². The van der Waals surface area contributed by atoms with E-state index in [1.165, 1.54) is 19.4 Å². The molecule has 2 N–H and O–H groups in total. The number of benzene rings is 2.